The Morgan fingerprint density at radius 1 is 1.30 bits per heavy atom. The summed E-state index contributed by atoms with van der Waals surface area (Å²) >= 11 is 7.51. The smallest absolute Gasteiger partial charge is 0.319 e. The molecular formula is C16H14ClN3O2S. The molecule has 0 spiro atoms. The molecule has 0 aliphatic rings. The number of aromatic nitrogens is 1. The van der Waals surface area contributed by atoms with E-state index in [4.69, 9.17) is 16.0 Å². The lowest BCUT2D eigenvalue weighted by Crippen LogP contribution is -2.28. The third-order valence-electron chi connectivity index (χ3n) is 3.16. The second-order valence-corrected chi connectivity index (χ2v) is 6.28. The Hall–Kier alpha value is -2.31. The second kappa shape index (κ2) is 6.85. The first-order chi connectivity index (χ1) is 11.1. The van der Waals surface area contributed by atoms with Crippen LogP contribution in [-0.4, -0.2) is 11.0 Å². The highest BCUT2D eigenvalue weighted by Crippen LogP contribution is 2.28. The Kier molecular flexibility index (Phi) is 4.64. The molecule has 23 heavy (non-hydrogen) atoms. The van der Waals surface area contributed by atoms with Crippen molar-refractivity contribution in [1.82, 2.24) is 10.3 Å². The molecule has 0 aliphatic heterocycles. The van der Waals surface area contributed by atoms with Crippen LogP contribution < -0.4 is 10.6 Å². The Balaban J connectivity index is 1.62. The van der Waals surface area contributed by atoms with Gasteiger partial charge in [-0.15, -0.1) is 11.3 Å². The van der Waals surface area contributed by atoms with Gasteiger partial charge in [0.1, 0.15) is 0 Å². The van der Waals surface area contributed by atoms with E-state index in [1.54, 1.807) is 18.4 Å². The van der Waals surface area contributed by atoms with Gasteiger partial charge in [-0.05, 0) is 31.2 Å². The summed E-state index contributed by atoms with van der Waals surface area (Å²) in [6.45, 7) is 2.30. The third kappa shape index (κ3) is 3.72. The Bertz CT molecular complexity index is 815. The number of hydrogen-bond acceptors (Lipinski definition) is 4. The summed E-state index contributed by atoms with van der Waals surface area (Å²) in [4.78, 5) is 17.4. The van der Waals surface area contributed by atoms with Crippen molar-refractivity contribution in [3.05, 3.63) is 58.3 Å². The zero-order chi connectivity index (χ0) is 16.2. The van der Waals surface area contributed by atoms with Gasteiger partial charge in [-0.3, -0.25) is 0 Å². The number of urea groups is 1. The van der Waals surface area contributed by atoms with Crippen molar-refractivity contribution >= 4 is 34.7 Å². The van der Waals surface area contributed by atoms with Gasteiger partial charge in [0.2, 0.25) is 0 Å². The molecule has 2 N–H and O–H groups in total. The van der Waals surface area contributed by atoms with E-state index in [-0.39, 0.29) is 6.03 Å². The third-order valence-corrected chi connectivity index (χ3v) is 4.66. The van der Waals surface area contributed by atoms with Crippen LogP contribution in [0.25, 0.3) is 10.8 Å². The molecule has 3 aromatic rings. The zero-order valence-corrected chi connectivity index (χ0v) is 13.9. The average molecular weight is 348 g/mol. The summed E-state index contributed by atoms with van der Waals surface area (Å²) in [5, 5.41) is 6.82. The first-order valence-corrected chi connectivity index (χ1v) is 8.12. The van der Waals surface area contributed by atoms with Gasteiger partial charge in [0, 0.05) is 4.88 Å². The highest BCUT2D eigenvalue weighted by Gasteiger charge is 2.12. The lowest BCUT2D eigenvalue weighted by Gasteiger charge is -2.08. The molecule has 0 saturated heterocycles. The van der Waals surface area contributed by atoms with Crippen LogP contribution in [0.15, 0.2) is 47.1 Å². The number of nitrogens with zero attached hydrogens (tertiary/aromatic N) is 1. The van der Waals surface area contributed by atoms with Crippen LogP contribution in [0.3, 0.4) is 0 Å². The summed E-state index contributed by atoms with van der Waals surface area (Å²) in [5.41, 5.74) is 1.45. The maximum Gasteiger partial charge on any atom is 0.319 e. The molecule has 0 atom stereocenters. The maximum absolute atomic E-state index is 12.0. The normalized spacial score (nSPS) is 10.5. The van der Waals surface area contributed by atoms with E-state index in [1.165, 1.54) is 11.3 Å². The Labute approximate surface area is 142 Å². The van der Waals surface area contributed by atoms with E-state index in [0.29, 0.717) is 17.3 Å². The van der Waals surface area contributed by atoms with Gasteiger partial charge in [0.15, 0.2) is 10.8 Å². The highest BCUT2D eigenvalue weighted by molar-refractivity contribution is 7.15. The minimum Gasteiger partial charge on any atom is -0.462 e. The van der Waals surface area contributed by atoms with Crippen LogP contribution >= 0.6 is 22.9 Å². The number of furan rings is 1. The molecule has 0 saturated carbocycles. The standard InChI is InChI=1S/C16H14ClN3O2S/c1-10-14(23-15(19-10)13-7-4-8-22-13)9-18-16(21)20-12-6-3-2-5-11(12)17/h2-8H,9H2,1H3,(H2,18,20,21). The largest absolute Gasteiger partial charge is 0.462 e. The van der Waals surface area contributed by atoms with E-state index >= 15 is 0 Å². The number of halogens is 1. The maximum atomic E-state index is 12.0. The molecule has 118 valence electrons. The molecule has 7 heteroatoms. The molecular weight excluding hydrogens is 334 g/mol. The minimum absolute atomic E-state index is 0.314. The van der Waals surface area contributed by atoms with Gasteiger partial charge >= 0.3 is 6.03 Å². The van der Waals surface area contributed by atoms with Crippen LogP contribution in [0.4, 0.5) is 10.5 Å². The lowest BCUT2D eigenvalue weighted by atomic mass is 10.3. The van der Waals surface area contributed by atoms with E-state index in [1.807, 2.05) is 31.2 Å². The summed E-state index contributed by atoms with van der Waals surface area (Å²) in [7, 11) is 0. The summed E-state index contributed by atoms with van der Waals surface area (Å²) in [6, 6.07) is 10.5. The number of hydrogen-bond donors (Lipinski definition) is 2. The lowest BCUT2D eigenvalue weighted by molar-refractivity contribution is 0.252. The fraction of sp³-hybridized carbons (Fsp3) is 0.125. The Morgan fingerprint density at radius 2 is 2.13 bits per heavy atom. The number of benzene rings is 1. The summed E-state index contributed by atoms with van der Waals surface area (Å²) in [5.74, 6) is 0.727. The van der Waals surface area contributed by atoms with E-state index in [9.17, 15) is 4.79 Å². The van der Waals surface area contributed by atoms with Crippen molar-refractivity contribution < 1.29 is 9.21 Å². The molecule has 2 heterocycles. The number of para-hydroxylation sites is 1. The van der Waals surface area contributed by atoms with Crippen molar-refractivity contribution in [2.24, 2.45) is 0 Å². The molecule has 2 aromatic heterocycles. The van der Waals surface area contributed by atoms with Gasteiger partial charge in [0.25, 0.3) is 0 Å². The number of aryl methyl sites for hydroxylation is 1. The van der Waals surface area contributed by atoms with E-state index in [2.05, 4.69) is 15.6 Å². The first-order valence-electron chi connectivity index (χ1n) is 6.93. The van der Waals surface area contributed by atoms with Crippen LogP contribution in [0.5, 0.6) is 0 Å². The molecule has 5 nitrogen and oxygen atoms in total. The van der Waals surface area contributed by atoms with Gasteiger partial charge < -0.3 is 15.1 Å². The number of rotatable bonds is 4. The van der Waals surface area contributed by atoms with Crippen LogP contribution in [0, 0.1) is 6.92 Å². The van der Waals surface area contributed by atoms with Crippen LogP contribution in [0.1, 0.15) is 10.6 Å². The fourth-order valence-corrected chi connectivity index (χ4v) is 3.14. The molecule has 0 radical (unpaired) electrons. The van der Waals surface area contributed by atoms with Gasteiger partial charge in [-0.2, -0.15) is 0 Å². The van der Waals surface area contributed by atoms with E-state index < -0.39 is 0 Å². The molecule has 0 unspecified atom stereocenters. The van der Waals surface area contributed by atoms with E-state index in [0.717, 1.165) is 21.3 Å². The number of carbonyl (C=O) groups excluding carboxylic acids is 1. The van der Waals surface area contributed by atoms with Crippen molar-refractivity contribution in [3.8, 4) is 10.8 Å². The first kappa shape index (κ1) is 15.6. The quantitative estimate of drug-likeness (QED) is 0.719. The molecule has 3 rings (SSSR count). The Morgan fingerprint density at radius 3 is 2.87 bits per heavy atom. The van der Waals surface area contributed by atoms with Crippen molar-refractivity contribution in [3.63, 3.8) is 0 Å². The second-order valence-electron chi connectivity index (χ2n) is 4.79. The zero-order valence-electron chi connectivity index (χ0n) is 12.3. The van der Waals surface area contributed by atoms with Gasteiger partial charge in [-0.25, -0.2) is 9.78 Å². The molecule has 2 amide bonds. The SMILES string of the molecule is Cc1nc(-c2ccco2)sc1CNC(=O)Nc1ccccc1Cl. The fourth-order valence-electron chi connectivity index (χ4n) is 1.99. The average Bonchev–Trinajstić information content (AvgIpc) is 3.17. The number of nitrogens with one attached hydrogen (secondary N) is 2. The predicted octanol–water partition coefficient (Wildman–Crippen LogP) is 4.69. The van der Waals surface area contributed by atoms with Gasteiger partial charge in [0.05, 0.1) is 29.2 Å². The summed E-state index contributed by atoms with van der Waals surface area (Å²) < 4.78 is 5.34. The highest BCUT2D eigenvalue weighted by atomic mass is 35.5. The number of thiazole rings is 1. The van der Waals surface area contributed by atoms with Crippen LogP contribution in [0.2, 0.25) is 5.02 Å². The summed E-state index contributed by atoms with van der Waals surface area (Å²) in [6.07, 6.45) is 1.61. The molecule has 0 bridgehead atoms. The minimum atomic E-state index is -0.314. The molecule has 0 fully saturated rings. The topological polar surface area (TPSA) is 67.2 Å². The molecule has 0 aliphatic carbocycles. The number of anilines is 1. The van der Waals surface area contributed by atoms with Gasteiger partial charge in [-0.1, -0.05) is 23.7 Å². The van der Waals surface area contributed by atoms with Crippen LogP contribution in [-0.2, 0) is 6.54 Å². The van der Waals surface area contributed by atoms with Crippen molar-refractivity contribution in [2.75, 3.05) is 5.32 Å². The number of amides is 2. The predicted molar refractivity (Wildman–Crippen MR) is 91.9 cm³/mol. The number of carbonyl (C=O) groups is 1. The van der Waals surface area contributed by atoms with Crippen molar-refractivity contribution in [1.29, 1.82) is 0 Å². The van der Waals surface area contributed by atoms with Crippen molar-refractivity contribution in [2.45, 2.75) is 13.5 Å². The monoisotopic (exact) mass is 347 g/mol. The molecule has 1 aromatic carbocycles.